The molecule has 0 bridgehead atoms. The fourth-order valence-corrected chi connectivity index (χ4v) is 2.04. The van der Waals surface area contributed by atoms with Crippen molar-refractivity contribution >= 4 is 17.7 Å². The number of hydrogen-bond donors (Lipinski definition) is 2. The normalized spacial score (nSPS) is 12.5. The Kier molecular flexibility index (Phi) is 3.05. The first-order valence-electron chi connectivity index (χ1n) is 4.72. The third-order valence-electron chi connectivity index (χ3n) is 2.06. The third-order valence-corrected chi connectivity index (χ3v) is 3.15. The third kappa shape index (κ3) is 2.41. The van der Waals surface area contributed by atoms with Gasteiger partial charge in [0.05, 0.1) is 5.25 Å². The summed E-state index contributed by atoms with van der Waals surface area (Å²) in [5.41, 5.74) is 0. The lowest BCUT2D eigenvalue weighted by Crippen LogP contribution is -2.08. The summed E-state index contributed by atoms with van der Waals surface area (Å²) in [6.45, 7) is 1.86. The first-order chi connectivity index (χ1) is 8.08. The molecule has 1 atom stereocenters. The van der Waals surface area contributed by atoms with Crippen molar-refractivity contribution in [1.82, 2.24) is 14.9 Å². The Hall–Kier alpha value is -1.96. The molecule has 0 amide bonds. The molecule has 90 valence electrons. The SMILES string of the molecule is CC(Sc1nncn1N)c1ccc(C(=O)O)o1. The van der Waals surface area contributed by atoms with E-state index in [0.29, 0.717) is 10.9 Å². The topological polar surface area (TPSA) is 107 Å². The maximum Gasteiger partial charge on any atom is 0.371 e. The number of nitrogens with two attached hydrogens (primary N) is 1. The number of nitrogen functional groups attached to an aromatic ring is 1. The van der Waals surface area contributed by atoms with E-state index in [2.05, 4.69) is 10.2 Å². The van der Waals surface area contributed by atoms with E-state index in [0.717, 1.165) is 0 Å². The van der Waals surface area contributed by atoms with Crippen molar-refractivity contribution in [3.63, 3.8) is 0 Å². The summed E-state index contributed by atoms with van der Waals surface area (Å²) < 4.78 is 6.47. The van der Waals surface area contributed by atoms with Crippen molar-refractivity contribution in [3.8, 4) is 0 Å². The van der Waals surface area contributed by atoms with Crippen LogP contribution in [0.5, 0.6) is 0 Å². The summed E-state index contributed by atoms with van der Waals surface area (Å²) in [6.07, 6.45) is 1.39. The molecule has 3 N–H and O–H groups in total. The highest BCUT2D eigenvalue weighted by atomic mass is 32.2. The van der Waals surface area contributed by atoms with Gasteiger partial charge in [0.1, 0.15) is 12.1 Å². The summed E-state index contributed by atoms with van der Waals surface area (Å²) in [7, 11) is 0. The number of rotatable bonds is 4. The van der Waals surface area contributed by atoms with Crippen molar-refractivity contribution in [2.75, 3.05) is 5.84 Å². The molecule has 2 heterocycles. The van der Waals surface area contributed by atoms with E-state index >= 15 is 0 Å². The number of aromatic carboxylic acids is 1. The predicted molar refractivity (Wildman–Crippen MR) is 60.1 cm³/mol. The van der Waals surface area contributed by atoms with Crippen LogP contribution in [0.25, 0.3) is 0 Å². The van der Waals surface area contributed by atoms with E-state index in [1.54, 1.807) is 6.07 Å². The van der Waals surface area contributed by atoms with Gasteiger partial charge in [-0.1, -0.05) is 11.8 Å². The van der Waals surface area contributed by atoms with E-state index in [4.69, 9.17) is 15.4 Å². The summed E-state index contributed by atoms with van der Waals surface area (Å²) in [5, 5.41) is 16.6. The molecule has 1 unspecified atom stereocenters. The average Bonchev–Trinajstić information content (AvgIpc) is 2.88. The lowest BCUT2D eigenvalue weighted by molar-refractivity contribution is 0.0660. The van der Waals surface area contributed by atoms with Crippen molar-refractivity contribution < 1.29 is 14.3 Å². The largest absolute Gasteiger partial charge is 0.475 e. The Morgan fingerprint density at radius 3 is 2.94 bits per heavy atom. The van der Waals surface area contributed by atoms with Crippen LogP contribution in [0.4, 0.5) is 0 Å². The van der Waals surface area contributed by atoms with Crippen LogP contribution in [0, 0.1) is 0 Å². The molecule has 0 aliphatic rings. The van der Waals surface area contributed by atoms with Gasteiger partial charge in [-0.2, -0.15) is 0 Å². The minimum atomic E-state index is -1.09. The predicted octanol–water partition coefficient (Wildman–Crippen LogP) is 1.14. The second-order valence-electron chi connectivity index (χ2n) is 3.29. The van der Waals surface area contributed by atoms with Gasteiger partial charge in [0.2, 0.25) is 10.9 Å². The van der Waals surface area contributed by atoms with E-state index < -0.39 is 5.97 Å². The number of carbonyl (C=O) groups is 1. The van der Waals surface area contributed by atoms with Gasteiger partial charge in [-0.05, 0) is 19.1 Å². The zero-order valence-electron chi connectivity index (χ0n) is 8.90. The molecule has 2 aromatic heterocycles. The Labute approximate surface area is 101 Å². The van der Waals surface area contributed by atoms with Gasteiger partial charge in [-0.25, -0.2) is 9.47 Å². The van der Waals surface area contributed by atoms with Crippen molar-refractivity contribution in [3.05, 3.63) is 30.0 Å². The Morgan fingerprint density at radius 1 is 1.65 bits per heavy atom. The van der Waals surface area contributed by atoms with Gasteiger partial charge in [0.15, 0.2) is 0 Å². The second kappa shape index (κ2) is 4.50. The minimum Gasteiger partial charge on any atom is -0.475 e. The molecular formula is C9H10N4O3S. The van der Waals surface area contributed by atoms with Crippen LogP contribution >= 0.6 is 11.8 Å². The lowest BCUT2D eigenvalue weighted by Gasteiger charge is -2.06. The van der Waals surface area contributed by atoms with Crippen molar-refractivity contribution in [1.29, 1.82) is 0 Å². The van der Waals surface area contributed by atoms with E-state index in [-0.39, 0.29) is 11.0 Å². The van der Waals surface area contributed by atoms with Gasteiger partial charge in [0.25, 0.3) is 0 Å². The monoisotopic (exact) mass is 254 g/mol. The lowest BCUT2D eigenvalue weighted by atomic mass is 10.3. The second-order valence-corrected chi connectivity index (χ2v) is 4.60. The van der Waals surface area contributed by atoms with Crippen LogP contribution in [0.15, 0.2) is 28.0 Å². The highest BCUT2D eigenvalue weighted by molar-refractivity contribution is 7.99. The molecule has 0 saturated carbocycles. The molecule has 0 saturated heterocycles. The number of carboxylic acid groups (broad SMARTS) is 1. The molecule has 8 heteroatoms. The molecule has 7 nitrogen and oxygen atoms in total. The molecule has 0 spiro atoms. The van der Waals surface area contributed by atoms with Gasteiger partial charge in [0, 0.05) is 0 Å². The summed E-state index contributed by atoms with van der Waals surface area (Å²) in [5.74, 6) is 4.95. The van der Waals surface area contributed by atoms with Gasteiger partial charge < -0.3 is 15.4 Å². The van der Waals surface area contributed by atoms with E-state index in [9.17, 15) is 4.79 Å². The number of hydrogen-bond acceptors (Lipinski definition) is 6. The molecule has 17 heavy (non-hydrogen) atoms. The fraction of sp³-hybridized carbons (Fsp3) is 0.222. The van der Waals surface area contributed by atoms with Gasteiger partial charge >= 0.3 is 5.97 Å². The summed E-state index contributed by atoms with van der Waals surface area (Å²) >= 11 is 1.33. The summed E-state index contributed by atoms with van der Waals surface area (Å²) in [6, 6.07) is 3.04. The minimum absolute atomic E-state index is 0.0818. The van der Waals surface area contributed by atoms with Crippen molar-refractivity contribution in [2.24, 2.45) is 0 Å². The van der Waals surface area contributed by atoms with Gasteiger partial charge in [-0.15, -0.1) is 10.2 Å². The fourth-order valence-electron chi connectivity index (χ4n) is 1.22. The van der Waals surface area contributed by atoms with Crippen LogP contribution in [-0.4, -0.2) is 25.9 Å². The Balaban J connectivity index is 2.12. The molecule has 0 radical (unpaired) electrons. The van der Waals surface area contributed by atoms with Crippen LogP contribution in [0.2, 0.25) is 0 Å². The molecule has 2 rings (SSSR count). The first-order valence-corrected chi connectivity index (χ1v) is 5.60. The number of nitrogens with zero attached hydrogens (tertiary/aromatic N) is 3. The maximum atomic E-state index is 10.7. The first kappa shape index (κ1) is 11.5. The highest BCUT2D eigenvalue weighted by Gasteiger charge is 2.17. The molecular weight excluding hydrogens is 244 g/mol. The maximum absolute atomic E-state index is 10.7. The average molecular weight is 254 g/mol. The number of carboxylic acids is 1. The Morgan fingerprint density at radius 2 is 2.41 bits per heavy atom. The zero-order chi connectivity index (χ0) is 12.4. The van der Waals surface area contributed by atoms with Crippen LogP contribution in [0.1, 0.15) is 28.5 Å². The van der Waals surface area contributed by atoms with Crippen LogP contribution in [0.3, 0.4) is 0 Å². The molecule has 0 fully saturated rings. The van der Waals surface area contributed by atoms with Crippen molar-refractivity contribution in [2.45, 2.75) is 17.3 Å². The smallest absolute Gasteiger partial charge is 0.371 e. The summed E-state index contributed by atoms with van der Waals surface area (Å²) in [4.78, 5) is 10.7. The van der Waals surface area contributed by atoms with E-state index in [1.165, 1.54) is 28.8 Å². The highest BCUT2D eigenvalue weighted by Crippen LogP contribution is 2.33. The van der Waals surface area contributed by atoms with E-state index in [1.807, 2.05) is 6.92 Å². The zero-order valence-corrected chi connectivity index (χ0v) is 9.72. The number of furan rings is 1. The van der Waals surface area contributed by atoms with Gasteiger partial charge in [-0.3, -0.25) is 0 Å². The number of thioether (sulfide) groups is 1. The number of aromatic nitrogens is 3. The Bertz CT molecular complexity index is 536. The quantitative estimate of drug-likeness (QED) is 0.622. The molecule has 2 aromatic rings. The van der Waals surface area contributed by atoms with Crippen LogP contribution in [-0.2, 0) is 0 Å². The standard InChI is InChI=1S/C9H10N4O3S/c1-5(17-9-12-11-4-13(9)10)6-2-3-7(16-6)8(14)15/h2-5H,10H2,1H3,(H,14,15). The molecule has 0 aliphatic carbocycles. The molecule has 0 aliphatic heterocycles. The molecule has 0 aromatic carbocycles. The van der Waals surface area contributed by atoms with Crippen LogP contribution < -0.4 is 5.84 Å².